The van der Waals surface area contributed by atoms with Crippen LogP contribution in [0.25, 0.3) is 6.08 Å². The van der Waals surface area contributed by atoms with Crippen molar-refractivity contribution in [3.63, 3.8) is 0 Å². The van der Waals surface area contributed by atoms with Crippen LogP contribution in [-0.4, -0.2) is 40.7 Å². The molecule has 0 spiro atoms. The van der Waals surface area contributed by atoms with Crippen LogP contribution in [0.5, 0.6) is 0 Å². The van der Waals surface area contributed by atoms with Crippen molar-refractivity contribution >= 4 is 23.7 Å². The fourth-order valence-corrected chi connectivity index (χ4v) is 2.92. The number of amides is 2. The van der Waals surface area contributed by atoms with Crippen molar-refractivity contribution in [3.8, 4) is 0 Å². The Labute approximate surface area is 138 Å². The number of hydrogen-bond donors (Lipinski definition) is 1. The highest BCUT2D eigenvalue weighted by atomic mass is 19.3. The molecule has 0 atom stereocenters. The summed E-state index contributed by atoms with van der Waals surface area (Å²) in [6.45, 7) is 0.428. The minimum absolute atomic E-state index is 0.0496. The van der Waals surface area contributed by atoms with Crippen LogP contribution in [0.3, 0.4) is 0 Å². The Hall–Kier alpha value is -2.31. The zero-order chi connectivity index (χ0) is 17.2. The van der Waals surface area contributed by atoms with E-state index >= 15 is 0 Å². The molecule has 0 unspecified atom stereocenters. The minimum atomic E-state index is -2.68. The summed E-state index contributed by atoms with van der Waals surface area (Å²) in [6.07, 6.45) is 5.50. The Morgan fingerprint density at radius 3 is 2.96 bits per heavy atom. The lowest BCUT2D eigenvalue weighted by Gasteiger charge is -2.18. The first-order valence-electron chi connectivity index (χ1n) is 8.07. The van der Waals surface area contributed by atoms with Crippen LogP contribution in [-0.2, 0) is 16.0 Å². The van der Waals surface area contributed by atoms with E-state index in [-0.39, 0.29) is 31.2 Å². The van der Waals surface area contributed by atoms with Crippen molar-refractivity contribution in [1.29, 1.82) is 0 Å². The summed E-state index contributed by atoms with van der Waals surface area (Å²) >= 11 is 0. The van der Waals surface area contributed by atoms with Crippen LogP contribution in [0.2, 0.25) is 0 Å². The molecular weight excluding hydrogens is 316 g/mol. The molecule has 128 valence electrons. The normalized spacial score (nSPS) is 20.4. The molecule has 1 aromatic heterocycles. The van der Waals surface area contributed by atoms with E-state index in [1.165, 1.54) is 11.0 Å². The molecule has 7 heteroatoms. The number of halogens is 2. The molecule has 2 aliphatic heterocycles. The lowest BCUT2D eigenvalue weighted by Crippen LogP contribution is -2.31. The van der Waals surface area contributed by atoms with Gasteiger partial charge in [-0.25, -0.2) is 13.8 Å². The van der Waals surface area contributed by atoms with Crippen molar-refractivity contribution < 1.29 is 18.4 Å². The maximum Gasteiger partial charge on any atom is 0.249 e. The molecule has 0 saturated carbocycles. The van der Waals surface area contributed by atoms with E-state index in [0.29, 0.717) is 31.6 Å². The number of carbonyl (C=O) groups is 2. The van der Waals surface area contributed by atoms with Crippen molar-refractivity contribution in [2.75, 3.05) is 18.4 Å². The van der Waals surface area contributed by atoms with Crippen molar-refractivity contribution in [1.82, 2.24) is 9.88 Å². The zero-order valence-corrected chi connectivity index (χ0v) is 13.2. The van der Waals surface area contributed by atoms with Crippen LogP contribution in [0.15, 0.2) is 18.3 Å². The molecule has 3 rings (SSSR count). The number of nitrogens with one attached hydrogen (secondary N) is 1. The van der Waals surface area contributed by atoms with Gasteiger partial charge in [0.15, 0.2) is 0 Å². The topological polar surface area (TPSA) is 62.3 Å². The van der Waals surface area contributed by atoms with E-state index in [0.717, 1.165) is 11.1 Å². The maximum atomic E-state index is 13.3. The van der Waals surface area contributed by atoms with Gasteiger partial charge in [-0.3, -0.25) is 9.59 Å². The van der Waals surface area contributed by atoms with Crippen LogP contribution in [0, 0.1) is 0 Å². The van der Waals surface area contributed by atoms with Crippen LogP contribution < -0.4 is 5.32 Å². The van der Waals surface area contributed by atoms with Gasteiger partial charge >= 0.3 is 0 Å². The summed E-state index contributed by atoms with van der Waals surface area (Å²) in [7, 11) is 0. The predicted molar refractivity (Wildman–Crippen MR) is 85.6 cm³/mol. The fourth-order valence-electron chi connectivity index (χ4n) is 2.92. The molecule has 0 aromatic carbocycles. The first-order chi connectivity index (χ1) is 11.4. The number of rotatable bonds is 2. The number of aryl methyl sites for hydroxylation is 1. The second-order valence-electron chi connectivity index (χ2n) is 6.19. The van der Waals surface area contributed by atoms with Crippen molar-refractivity contribution in [3.05, 3.63) is 29.5 Å². The Morgan fingerprint density at radius 2 is 2.12 bits per heavy atom. The number of aromatic nitrogens is 1. The van der Waals surface area contributed by atoms with Gasteiger partial charge in [-0.05, 0) is 36.1 Å². The lowest BCUT2D eigenvalue weighted by atomic mass is 10.0. The van der Waals surface area contributed by atoms with Crippen LogP contribution >= 0.6 is 0 Å². The van der Waals surface area contributed by atoms with Gasteiger partial charge in [0.05, 0.1) is 0 Å². The Balaban J connectivity index is 1.65. The lowest BCUT2D eigenvalue weighted by molar-refractivity contribution is -0.126. The summed E-state index contributed by atoms with van der Waals surface area (Å²) in [5.74, 6) is -2.43. The maximum absolute atomic E-state index is 13.3. The third-order valence-electron chi connectivity index (χ3n) is 4.32. The van der Waals surface area contributed by atoms with Gasteiger partial charge in [-0.15, -0.1) is 0 Å². The van der Waals surface area contributed by atoms with E-state index in [2.05, 4.69) is 10.3 Å². The standard InChI is InChI=1S/C17H19F2N3O2/c18-17(19)6-1-8-22(9-7-17)15(24)5-2-12-10-13-3-4-14(23)21-16(13)20-11-12/h2,5,10-11H,1,3-4,6-9H2,(H,20,21,23). The molecule has 2 amide bonds. The number of likely N-dealkylation sites (tertiary alicyclic amines) is 1. The average Bonchev–Trinajstić information content (AvgIpc) is 2.73. The van der Waals surface area contributed by atoms with Gasteiger partial charge in [0, 0.05) is 44.6 Å². The second-order valence-corrected chi connectivity index (χ2v) is 6.19. The molecular formula is C17H19F2N3O2. The quantitative estimate of drug-likeness (QED) is 0.845. The van der Waals surface area contributed by atoms with Crippen LogP contribution in [0.4, 0.5) is 14.6 Å². The number of alkyl halides is 2. The number of hydrogen-bond acceptors (Lipinski definition) is 3. The van der Waals surface area contributed by atoms with Crippen LogP contribution in [0.1, 0.15) is 36.8 Å². The summed E-state index contributed by atoms with van der Waals surface area (Å²) in [5, 5.41) is 2.70. The van der Waals surface area contributed by atoms with Crippen molar-refractivity contribution in [2.24, 2.45) is 0 Å². The van der Waals surface area contributed by atoms with E-state index in [1.807, 2.05) is 6.07 Å². The monoisotopic (exact) mass is 335 g/mol. The fraction of sp³-hybridized carbons (Fsp3) is 0.471. The molecule has 0 aliphatic carbocycles. The SMILES string of the molecule is O=C1CCc2cc(C=CC(=O)N3CCCC(F)(F)CC3)cnc2N1. The highest BCUT2D eigenvalue weighted by Gasteiger charge is 2.32. The summed E-state index contributed by atoms with van der Waals surface area (Å²) < 4.78 is 26.7. The molecule has 1 aromatic rings. The molecule has 24 heavy (non-hydrogen) atoms. The molecule has 2 aliphatic rings. The zero-order valence-electron chi connectivity index (χ0n) is 13.2. The first kappa shape index (κ1) is 16.5. The first-order valence-corrected chi connectivity index (χ1v) is 8.07. The highest BCUT2D eigenvalue weighted by Crippen LogP contribution is 2.28. The molecule has 0 radical (unpaired) electrons. The average molecular weight is 335 g/mol. The van der Waals surface area contributed by atoms with E-state index in [4.69, 9.17) is 0 Å². The number of pyridine rings is 1. The van der Waals surface area contributed by atoms with Gasteiger partial charge in [0.25, 0.3) is 0 Å². The number of fused-ring (bicyclic) bond motifs is 1. The largest absolute Gasteiger partial charge is 0.339 e. The van der Waals surface area contributed by atoms with E-state index in [1.54, 1.807) is 12.3 Å². The summed E-state index contributed by atoms with van der Waals surface area (Å²) in [5.41, 5.74) is 1.68. The van der Waals surface area contributed by atoms with E-state index < -0.39 is 5.92 Å². The molecule has 5 nitrogen and oxygen atoms in total. The van der Waals surface area contributed by atoms with Crippen molar-refractivity contribution in [2.45, 2.75) is 38.0 Å². The predicted octanol–water partition coefficient (Wildman–Crippen LogP) is 2.63. The van der Waals surface area contributed by atoms with E-state index in [9.17, 15) is 18.4 Å². The van der Waals surface area contributed by atoms with Gasteiger partial charge in [0.2, 0.25) is 17.7 Å². The van der Waals surface area contributed by atoms with Gasteiger partial charge in [-0.1, -0.05) is 0 Å². The third-order valence-corrected chi connectivity index (χ3v) is 4.32. The second kappa shape index (κ2) is 6.67. The Kier molecular flexibility index (Phi) is 4.59. The summed E-state index contributed by atoms with van der Waals surface area (Å²) in [4.78, 5) is 29.1. The molecule has 3 heterocycles. The van der Waals surface area contributed by atoms with Gasteiger partial charge in [-0.2, -0.15) is 0 Å². The molecule has 1 saturated heterocycles. The molecule has 1 N–H and O–H groups in total. The number of nitrogens with zero attached hydrogens (tertiary/aromatic N) is 2. The molecule has 0 bridgehead atoms. The molecule has 1 fully saturated rings. The number of anilines is 1. The minimum Gasteiger partial charge on any atom is -0.339 e. The smallest absolute Gasteiger partial charge is 0.249 e. The highest BCUT2D eigenvalue weighted by molar-refractivity contribution is 5.93. The summed E-state index contributed by atoms with van der Waals surface area (Å²) in [6, 6.07) is 1.88. The Morgan fingerprint density at radius 1 is 1.29 bits per heavy atom. The van der Waals surface area contributed by atoms with Gasteiger partial charge < -0.3 is 10.2 Å². The van der Waals surface area contributed by atoms with Gasteiger partial charge in [0.1, 0.15) is 5.82 Å². The third kappa shape index (κ3) is 3.96. The number of carbonyl (C=O) groups excluding carboxylic acids is 2. The Bertz CT molecular complexity index is 688.